The number of rotatable bonds is 2. The van der Waals surface area contributed by atoms with Crippen LogP contribution in [0.5, 0.6) is 0 Å². The van der Waals surface area contributed by atoms with Gasteiger partial charge in [0.2, 0.25) is 0 Å². The summed E-state index contributed by atoms with van der Waals surface area (Å²) in [7, 11) is -8.72. The van der Waals surface area contributed by atoms with Gasteiger partial charge in [-0.15, -0.1) is 0 Å². The van der Waals surface area contributed by atoms with Crippen molar-refractivity contribution in [2.24, 2.45) is 0 Å². The first kappa shape index (κ1) is 22.5. The van der Waals surface area contributed by atoms with Crippen LogP contribution in [0.25, 0.3) is 0 Å². The van der Waals surface area contributed by atoms with E-state index in [9.17, 15) is 25.9 Å². The van der Waals surface area contributed by atoms with E-state index in [0.717, 1.165) is 12.1 Å². The first-order chi connectivity index (χ1) is 10.00. The van der Waals surface area contributed by atoms with E-state index >= 15 is 0 Å². The van der Waals surface area contributed by atoms with Crippen LogP contribution in [0.4, 0.5) is 0 Å². The Bertz CT molecular complexity index is 795. The molecule has 2 aromatic carbocycles. The van der Waals surface area contributed by atoms with Gasteiger partial charge in [0.25, 0.3) is 0 Å². The molecule has 0 amide bonds. The van der Waals surface area contributed by atoms with Gasteiger partial charge in [0.1, 0.15) is 20.2 Å². The minimum Gasteiger partial charge on any atom is -0.744 e. The third-order valence-corrected chi connectivity index (χ3v) is 4.30. The molecule has 0 N–H and O–H groups in total. The Morgan fingerprint density at radius 2 is 1.00 bits per heavy atom. The van der Waals surface area contributed by atoms with E-state index < -0.39 is 20.2 Å². The fourth-order valence-electron chi connectivity index (χ4n) is 1.25. The van der Waals surface area contributed by atoms with Crippen molar-refractivity contribution in [3.63, 3.8) is 0 Å². The minimum absolute atomic E-state index is 0. The van der Waals surface area contributed by atoms with Gasteiger partial charge in [-0.3, -0.25) is 0 Å². The Kier molecular flexibility index (Phi) is 8.87. The van der Waals surface area contributed by atoms with Gasteiger partial charge in [0.05, 0.1) is 9.79 Å². The van der Waals surface area contributed by atoms with E-state index in [0.29, 0.717) is 0 Å². The Balaban J connectivity index is 0.000000403. The summed E-state index contributed by atoms with van der Waals surface area (Å²) in [6.07, 6.45) is 0. The van der Waals surface area contributed by atoms with Gasteiger partial charge in [-0.2, -0.15) is 0 Å². The molecule has 0 unspecified atom stereocenters. The van der Waals surface area contributed by atoms with Gasteiger partial charge in [-0.05, 0) is 36.4 Å². The molecule has 0 spiro atoms. The van der Waals surface area contributed by atoms with Crippen molar-refractivity contribution in [3.8, 4) is 0 Å². The van der Waals surface area contributed by atoms with Gasteiger partial charge < -0.3 is 9.11 Å². The van der Waals surface area contributed by atoms with E-state index in [1.807, 2.05) is 0 Å². The zero-order chi connectivity index (χ0) is 17.0. The monoisotopic (exact) mass is 446 g/mol. The Morgan fingerprint density at radius 1 is 0.696 bits per heavy atom. The molecular formula is C12H8Cl2O6S2Zn. The summed E-state index contributed by atoms with van der Waals surface area (Å²) in [5.41, 5.74) is 0. The van der Waals surface area contributed by atoms with Crippen molar-refractivity contribution >= 4 is 43.4 Å². The fourth-order valence-corrected chi connectivity index (χ4v) is 2.79. The van der Waals surface area contributed by atoms with Crippen molar-refractivity contribution in [3.05, 3.63) is 58.6 Å². The third-order valence-electron chi connectivity index (χ3n) is 2.17. The van der Waals surface area contributed by atoms with Crippen LogP contribution in [-0.4, -0.2) is 25.9 Å². The second-order valence-corrected chi connectivity index (χ2v) is 7.46. The summed E-state index contributed by atoms with van der Waals surface area (Å²) in [6, 6.07) is 10.4. The number of benzene rings is 2. The van der Waals surface area contributed by atoms with Crippen LogP contribution in [0, 0.1) is 0 Å². The molecule has 0 aliphatic carbocycles. The Hall–Kier alpha value is -0.537. The van der Waals surface area contributed by atoms with Crippen LogP contribution in [0.1, 0.15) is 0 Å². The van der Waals surface area contributed by atoms with Crippen LogP contribution in [0.3, 0.4) is 0 Å². The van der Waals surface area contributed by atoms with Gasteiger partial charge in [-0.25, -0.2) is 16.8 Å². The van der Waals surface area contributed by atoms with Crippen LogP contribution in [-0.2, 0) is 39.7 Å². The molecule has 0 saturated heterocycles. The Labute approximate surface area is 156 Å². The molecule has 2 rings (SSSR count). The molecule has 0 bridgehead atoms. The molecule has 11 heteroatoms. The predicted molar refractivity (Wildman–Crippen MR) is 78.8 cm³/mol. The fraction of sp³-hybridized carbons (Fsp3) is 0. The minimum atomic E-state index is -4.36. The maximum absolute atomic E-state index is 10.4. The maximum atomic E-state index is 10.4. The van der Waals surface area contributed by atoms with Crippen LogP contribution < -0.4 is 0 Å². The smallest absolute Gasteiger partial charge is 0.744 e. The topological polar surface area (TPSA) is 114 Å². The first-order valence-corrected chi connectivity index (χ1v) is 9.00. The van der Waals surface area contributed by atoms with E-state index in [4.69, 9.17) is 23.2 Å². The SMILES string of the molecule is O=S(=O)([O-])c1cccc(Cl)c1.O=S(=O)([O-])c1cccc(Cl)c1.[Zn+2]. The average molecular weight is 449 g/mol. The molecule has 120 valence electrons. The van der Waals surface area contributed by atoms with Crippen molar-refractivity contribution in [1.29, 1.82) is 0 Å². The maximum Gasteiger partial charge on any atom is 2.00 e. The molecule has 0 aliphatic heterocycles. The van der Waals surface area contributed by atoms with Crippen LogP contribution in [0.2, 0.25) is 10.0 Å². The quantitative estimate of drug-likeness (QED) is 0.515. The zero-order valence-electron chi connectivity index (χ0n) is 11.3. The molecule has 0 atom stereocenters. The second kappa shape index (κ2) is 9.08. The van der Waals surface area contributed by atoms with Gasteiger partial charge >= 0.3 is 19.5 Å². The van der Waals surface area contributed by atoms with Crippen molar-refractivity contribution in [2.45, 2.75) is 9.79 Å². The molecule has 0 saturated carbocycles. The molecule has 0 aliphatic rings. The number of hydrogen-bond donors (Lipinski definition) is 0. The summed E-state index contributed by atoms with van der Waals surface area (Å²) >= 11 is 10.9. The summed E-state index contributed by atoms with van der Waals surface area (Å²) in [5, 5.41) is 0.476. The van der Waals surface area contributed by atoms with E-state index in [2.05, 4.69) is 0 Å². The first-order valence-electron chi connectivity index (χ1n) is 5.43. The zero-order valence-corrected chi connectivity index (χ0v) is 17.5. The number of halogens is 2. The summed E-state index contributed by atoms with van der Waals surface area (Å²) < 4.78 is 62.2. The van der Waals surface area contributed by atoms with E-state index in [-0.39, 0.29) is 39.3 Å². The van der Waals surface area contributed by atoms with Crippen molar-refractivity contribution in [2.75, 3.05) is 0 Å². The number of hydrogen-bond acceptors (Lipinski definition) is 6. The van der Waals surface area contributed by atoms with Crippen LogP contribution in [0.15, 0.2) is 58.3 Å². The third kappa shape index (κ3) is 8.21. The van der Waals surface area contributed by atoms with Crippen molar-refractivity contribution < 1.29 is 45.4 Å². The standard InChI is InChI=1S/2C6H5ClO3S.Zn/c2*7-5-2-1-3-6(4-5)11(8,9)10;/h2*1-4H,(H,8,9,10);/q;;+2/p-2. The molecule has 23 heavy (non-hydrogen) atoms. The molecule has 0 aromatic heterocycles. The molecule has 0 heterocycles. The van der Waals surface area contributed by atoms with Gasteiger partial charge in [0.15, 0.2) is 0 Å². The van der Waals surface area contributed by atoms with E-state index in [1.54, 1.807) is 0 Å². The van der Waals surface area contributed by atoms with Crippen molar-refractivity contribution in [1.82, 2.24) is 0 Å². The molecule has 0 fully saturated rings. The normalized spacial score (nSPS) is 11.0. The summed E-state index contributed by atoms with van der Waals surface area (Å²) in [4.78, 5) is -0.602. The Morgan fingerprint density at radius 3 is 1.17 bits per heavy atom. The summed E-state index contributed by atoms with van der Waals surface area (Å²) in [6.45, 7) is 0. The summed E-state index contributed by atoms with van der Waals surface area (Å²) in [5.74, 6) is 0. The molecular weight excluding hydrogens is 441 g/mol. The largest absolute Gasteiger partial charge is 2.00 e. The molecule has 0 radical (unpaired) electrons. The second-order valence-electron chi connectivity index (χ2n) is 3.82. The molecule has 6 nitrogen and oxygen atoms in total. The van der Waals surface area contributed by atoms with Gasteiger partial charge in [0, 0.05) is 10.0 Å². The van der Waals surface area contributed by atoms with Crippen LogP contribution >= 0.6 is 23.2 Å². The molecule has 2 aromatic rings. The predicted octanol–water partition coefficient (Wildman–Crippen LogP) is 2.49. The average Bonchev–Trinajstić information content (AvgIpc) is 2.37. The van der Waals surface area contributed by atoms with E-state index in [1.165, 1.54) is 36.4 Å². The van der Waals surface area contributed by atoms with Gasteiger partial charge in [-0.1, -0.05) is 35.3 Å².